The summed E-state index contributed by atoms with van der Waals surface area (Å²) in [5.74, 6) is -1.05. The predicted molar refractivity (Wildman–Crippen MR) is 62.8 cm³/mol. The molecule has 0 rings (SSSR count). The zero-order valence-corrected chi connectivity index (χ0v) is 11.0. The quantitative estimate of drug-likeness (QED) is 0.705. The van der Waals surface area contributed by atoms with Gasteiger partial charge in [0, 0.05) is 19.5 Å². The number of aliphatic carboxylic acids is 1. The van der Waals surface area contributed by atoms with E-state index in [9.17, 15) is 13.2 Å². The lowest BCUT2D eigenvalue weighted by molar-refractivity contribution is -0.137. The largest absolute Gasteiger partial charge is 0.481 e. The van der Waals surface area contributed by atoms with Gasteiger partial charge in [-0.05, 0) is 19.8 Å². The van der Waals surface area contributed by atoms with Crippen LogP contribution in [0.5, 0.6) is 0 Å². The predicted octanol–water partition coefficient (Wildman–Crippen LogP) is 1.30. The van der Waals surface area contributed by atoms with Gasteiger partial charge in [0.05, 0.1) is 5.75 Å². The molecule has 0 saturated carbocycles. The van der Waals surface area contributed by atoms with E-state index in [1.165, 1.54) is 4.31 Å². The molecule has 6 heteroatoms. The van der Waals surface area contributed by atoms with E-state index in [0.717, 1.165) is 12.8 Å². The Morgan fingerprint density at radius 2 is 2.00 bits per heavy atom. The van der Waals surface area contributed by atoms with Crippen molar-refractivity contribution in [2.24, 2.45) is 0 Å². The Labute approximate surface area is 97.5 Å². The molecule has 1 atom stereocenters. The topological polar surface area (TPSA) is 74.7 Å². The molecule has 0 aliphatic heterocycles. The van der Waals surface area contributed by atoms with Crippen LogP contribution in [0.2, 0.25) is 0 Å². The number of carboxylic acid groups (broad SMARTS) is 1. The second-order valence-electron chi connectivity index (χ2n) is 3.97. The zero-order valence-electron chi connectivity index (χ0n) is 10.1. The van der Waals surface area contributed by atoms with Gasteiger partial charge in [-0.2, -0.15) is 0 Å². The minimum atomic E-state index is -3.31. The maximum atomic E-state index is 11.8. The van der Waals surface area contributed by atoms with Crippen LogP contribution in [0.4, 0.5) is 0 Å². The molecule has 5 nitrogen and oxygen atoms in total. The number of nitrogens with zero attached hydrogens (tertiary/aromatic N) is 1. The van der Waals surface area contributed by atoms with Crippen molar-refractivity contribution >= 4 is 16.0 Å². The van der Waals surface area contributed by atoms with Gasteiger partial charge in [-0.25, -0.2) is 12.7 Å². The minimum Gasteiger partial charge on any atom is -0.481 e. The van der Waals surface area contributed by atoms with Gasteiger partial charge >= 0.3 is 5.97 Å². The van der Waals surface area contributed by atoms with Crippen LogP contribution < -0.4 is 0 Å². The molecule has 0 fully saturated rings. The van der Waals surface area contributed by atoms with Crippen LogP contribution in [0, 0.1) is 0 Å². The number of rotatable bonds is 8. The second kappa shape index (κ2) is 6.85. The average molecular weight is 251 g/mol. The highest BCUT2D eigenvalue weighted by Gasteiger charge is 2.22. The van der Waals surface area contributed by atoms with Crippen molar-refractivity contribution in [1.82, 2.24) is 4.31 Å². The van der Waals surface area contributed by atoms with Crippen LogP contribution in [-0.4, -0.2) is 42.6 Å². The van der Waals surface area contributed by atoms with Gasteiger partial charge in [-0.15, -0.1) is 0 Å². The lowest BCUT2D eigenvalue weighted by Gasteiger charge is -2.23. The second-order valence-corrected chi connectivity index (χ2v) is 6.12. The smallest absolute Gasteiger partial charge is 0.303 e. The normalized spacial score (nSPS) is 14.0. The molecule has 0 spiro atoms. The number of carbonyl (C=O) groups is 1. The van der Waals surface area contributed by atoms with E-state index in [-0.39, 0.29) is 24.6 Å². The van der Waals surface area contributed by atoms with Crippen LogP contribution in [0.25, 0.3) is 0 Å². The molecule has 0 aromatic carbocycles. The van der Waals surface area contributed by atoms with Crippen molar-refractivity contribution in [1.29, 1.82) is 0 Å². The molecule has 0 amide bonds. The molecule has 0 aromatic heterocycles. The Bertz CT molecular complexity index is 313. The van der Waals surface area contributed by atoms with Crippen molar-refractivity contribution < 1.29 is 18.3 Å². The molecule has 1 N–H and O–H groups in total. The first kappa shape index (κ1) is 15.4. The van der Waals surface area contributed by atoms with Gasteiger partial charge < -0.3 is 5.11 Å². The molecule has 0 bridgehead atoms. The van der Waals surface area contributed by atoms with E-state index in [1.807, 2.05) is 13.8 Å². The third-order valence-electron chi connectivity index (χ3n) is 2.56. The fourth-order valence-corrected chi connectivity index (χ4v) is 2.87. The summed E-state index contributed by atoms with van der Waals surface area (Å²) in [7, 11) is -1.76. The lowest BCUT2D eigenvalue weighted by atomic mass is 10.2. The zero-order chi connectivity index (χ0) is 12.8. The van der Waals surface area contributed by atoms with Gasteiger partial charge in [-0.3, -0.25) is 4.79 Å². The molecular weight excluding hydrogens is 230 g/mol. The van der Waals surface area contributed by atoms with Crippen LogP contribution in [0.3, 0.4) is 0 Å². The Balaban J connectivity index is 4.25. The number of hydrogen-bond donors (Lipinski definition) is 1. The third kappa shape index (κ3) is 5.46. The molecule has 16 heavy (non-hydrogen) atoms. The third-order valence-corrected chi connectivity index (χ3v) is 4.60. The SMILES string of the molecule is CCCC(C)N(C)S(=O)(=O)CCCC(=O)O. The molecule has 0 heterocycles. The summed E-state index contributed by atoms with van der Waals surface area (Å²) < 4.78 is 24.9. The van der Waals surface area contributed by atoms with E-state index >= 15 is 0 Å². The molecule has 0 aliphatic carbocycles. The Kier molecular flexibility index (Phi) is 6.59. The molecular formula is C10H21NO4S. The van der Waals surface area contributed by atoms with Gasteiger partial charge in [0.15, 0.2) is 0 Å². The highest BCUT2D eigenvalue weighted by Crippen LogP contribution is 2.11. The van der Waals surface area contributed by atoms with Crippen molar-refractivity contribution in [3.63, 3.8) is 0 Å². The molecule has 0 saturated heterocycles. The number of hydrogen-bond acceptors (Lipinski definition) is 3. The van der Waals surface area contributed by atoms with E-state index in [4.69, 9.17) is 5.11 Å². The minimum absolute atomic E-state index is 0.0279. The van der Waals surface area contributed by atoms with Crippen LogP contribution in [0.1, 0.15) is 39.5 Å². The van der Waals surface area contributed by atoms with E-state index < -0.39 is 16.0 Å². The monoisotopic (exact) mass is 251 g/mol. The molecule has 96 valence electrons. The van der Waals surface area contributed by atoms with Crippen molar-refractivity contribution in [2.45, 2.75) is 45.6 Å². The summed E-state index contributed by atoms with van der Waals surface area (Å²) in [6.07, 6.45) is 1.81. The van der Waals surface area contributed by atoms with E-state index in [0.29, 0.717) is 0 Å². The van der Waals surface area contributed by atoms with Gasteiger partial charge in [0.2, 0.25) is 10.0 Å². The maximum absolute atomic E-state index is 11.8. The molecule has 1 unspecified atom stereocenters. The van der Waals surface area contributed by atoms with Gasteiger partial charge in [-0.1, -0.05) is 13.3 Å². The summed E-state index contributed by atoms with van der Waals surface area (Å²) in [5.41, 5.74) is 0. The summed E-state index contributed by atoms with van der Waals surface area (Å²) in [6.45, 7) is 3.86. The molecule has 0 radical (unpaired) electrons. The van der Waals surface area contributed by atoms with Crippen molar-refractivity contribution in [2.75, 3.05) is 12.8 Å². The average Bonchev–Trinajstić information content (AvgIpc) is 2.16. The molecule has 0 aliphatic rings. The highest BCUT2D eigenvalue weighted by molar-refractivity contribution is 7.89. The first-order valence-electron chi connectivity index (χ1n) is 5.48. The van der Waals surface area contributed by atoms with Crippen molar-refractivity contribution in [3.8, 4) is 0 Å². The van der Waals surface area contributed by atoms with Gasteiger partial charge in [0.1, 0.15) is 0 Å². The number of carboxylic acids is 1. The van der Waals surface area contributed by atoms with E-state index in [2.05, 4.69) is 0 Å². The summed E-state index contributed by atoms with van der Waals surface area (Å²) in [5, 5.41) is 8.43. The first-order valence-corrected chi connectivity index (χ1v) is 7.09. The summed E-state index contributed by atoms with van der Waals surface area (Å²) >= 11 is 0. The highest BCUT2D eigenvalue weighted by atomic mass is 32.2. The summed E-state index contributed by atoms with van der Waals surface area (Å²) in [4.78, 5) is 10.3. The summed E-state index contributed by atoms with van der Waals surface area (Å²) in [6, 6.07) is -0.0279. The first-order chi connectivity index (χ1) is 7.31. The van der Waals surface area contributed by atoms with E-state index in [1.54, 1.807) is 7.05 Å². The standard InChI is InChI=1S/C10H21NO4S/c1-4-6-9(2)11(3)16(14,15)8-5-7-10(12)13/h9H,4-8H2,1-3H3,(H,12,13). The van der Waals surface area contributed by atoms with Crippen LogP contribution >= 0.6 is 0 Å². The number of sulfonamides is 1. The molecule has 0 aromatic rings. The fourth-order valence-electron chi connectivity index (χ4n) is 1.42. The van der Waals surface area contributed by atoms with Gasteiger partial charge in [0.25, 0.3) is 0 Å². The Morgan fingerprint density at radius 3 is 2.44 bits per heavy atom. The lowest BCUT2D eigenvalue weighted by Crippen LogP contribution is -2.36. The fraction of sp³-hybridized carbons (Fsp3) is 0.900. The maximum Gasteiger partial charge on any atom is 0.303 e. The van der Waals surface area contributed by atoms with Crippen molar-refractivity contribution in [3.05, 3.63) is 0 Å². The van der Waals surface area contributed by atoms with Crippen LogP contribution in [-0.2, 0) is 14.8 Å². The van der Waals surface area contributed by atoms with Crippen LogP contribution in [0.15, 0.2) is 0 Å². The Morgan fingerprint density at radius 1 is 1.44 bits per heavy atom. The Hall–Kier alpha value is -0.620.